The van der Waals surface area contributed by atoms with Crippen LogP contribution in [0.2, 0.25) is 0 Å². The van der Waals surface area contributed by atoms with E-state index in [0.29, 0.717) is 23.9 Å². The number of rotatable bonds is 4. The van der Waals surface area contributed by atoms with E-state index in [9.17, 15) is 23.5 Å². The van der Waals surface area contributed by atoms with Crippen LogP contribution in [0.4, 0.5) is 13.6 Å². The summed E-state index contributed by atoms with van der Waals surface area (Å²) >= 11 is 0. The number of esters is 1. The second-order valence-electron chi connectivity index (χ2n) is 6.99. The van der Waals surface area contributed by atoms with Crippen molar-refractivity contribution in [1.82, 2.24) is 14.5 Å². The zero-order chi connectivity index (χ0) is 19.8. The first-order valence-electron chi connectivity index (χ1n) is 8.96. The molecule has 2 saturated heterocycles. The van der Waals surface area contributed by atoms with Gasteiger partial charge in [-0.2, -0.15) is 0 Å². The lowest BCUT2D eigenvalue weighted by molar-refractivity contribution is -0.0943. The fourth-order valence-corrected chi connectivity index (χ4v) is 4.06. The summed E-state index contributed by atoms with van der Waals surface area (Å²) in [5, 5.41) is 9.82. The maximum Gasteiger partial charge on any atom is 0.407 e. The van der Waals surface area contributed by atoms with Crippen molar-refractivity contribution < 1.29 is 33.0 Å². The number of amides is 1. The van der Waals surface area contributed by atoms with Gasteiger partial charge in [0.05, 0.1) is 37.4 Å². The van der Waals surface area contributed by atoms with Crippen LogP contribution >= 0.6 is 0 Å². The summed E-state index contributed by atoms with van der Waals surface area (Å²) in [6.45, 7) is -0.0534. The highest BCUT2D eigenvalue weighted by atomic mass is 19.3. The predicted molar refractivity (Wildman–Crippen MR) is 92.4 cm³/mol. The molecule has 2 aromatic heterocycles. The number of aromatic nitrogens is 2. The molecule has 2 bridgehead atoms. The number of hydrogen-bond donors (Lipinski definition) is 1. The van der Waals surface area contributed by atoms with Gasteiger partial charge in [0.15, 0.2) is 0 Å². The number of ether oxygens (including phenoxy) is 2. The van der Waals surface area contributed by atoms with Gasteiger partial charge in [0.1, 0.15) is 11.8 Å². The van der Waals surface area contributed by atoms with Crippen molar-refractivity contribution in [3.63, 3.8) is 0 Å². The van der Waals surface area contributed by atoms with Crippen LogP contribution in [0.1, 0.15) is 23.2 Å². The van der Waals surface area contributed by atoms with Gasteiger partial charge < -0.3 is 19.1 Å². The first kappa shape index (κ1) is 18.6. The summed E-state index contributed by atoms with van der Waals surface area (Å²) in [6.07, 6.45) is -0.576. The molecule has 0 saturated carbocycles. The molecule has 2 unspecified atom stereocenters. The lowest BCUT2D eigenvalue weighted by Crippen LogP contribution is -2.60. The number of carbonyl (C=O) groups is 2. The summed E-state index contributed by atoms with van der Waals surface area (Å²) in [4.78, 5) is 29.7. The fraction of sp³-hybridized carbons (Fsp3) is 0.500. The van der Waals surface area contributed by atoms with Crippen molar-refractivity contribution >= 4 is 23.1 Å². The van der Waals surface area contributed by atoms with Gasteiger partial charge in [-0.15, -0.1) is 0 Å². The minimum absolute atomic E-state index is 0.172. The second kappa shape index (κ2) is 7.34. The Hall–Kier alpha value is -2.75. The average Bonchev–Trinajstić information content (AvgIpc) is 2.99. The Labute approximate surface area is 158 Å². The van der Waals surface area contributed by atoms with Crippen molar-refractivity contribution in [2.75, 3.05) is 13.2 Å². The maximum absolute atomic E-state index is 12.8. The van der Waals surface area contributed by atoms with E-state index in [1.54, 1.807) is 12.1 Å². The van der Waals surface area contributed by atoms with Crippen LogP contribution in [0.3, 0.4) is 0 Å². The molecule has 28 heavy (non-hydrogen) atoms. The Kier molecular flexibility index (Phi) is 4.88. The Balaban J connectivity index is 1.54. The van der Waals surface area contributed by atoms with Crippen LogP contribution < -0.4 is 0 Å². The van der Waals surface area contributed by atoms with Gasteiger partial charge in [0.25, 0.3) is 6.43 Å². The van der Waals surface area contributed by atoms with Crippen LogP contribution in [0.5, 0.6) is 0 Å². The summed E-state index contributed by atoms with van der Waals surface area (Å²) < 4.78 is 38.0. The van der Waals surface area contributed by atoms with Crippen LogP contribution in [0.25, 0.3) is 11.0 Å². The zero-order valence-electron chi connectivity index (χ0n) is 14.8. The van der Waals surface area contributed by atoms with E-state index in [1.165, 1.54) is 21.9 Å². The molecule has 0 aromatic carbocycles. The van der Waals surface area contributed by atoms with Gasteiger partial charge in [0, 0.05) is 30.6 Å². The molecule has 1 N–H and O–H groups in total. The number of hydrogen-bond acceptors (Lipinski definition) is 5. The summed E-state index contributed by atoms with van der Waals surface area (Å²) in [5.74, 6) is -0.626. The molecule has 0 radical (unpaired) electrons. The molecule has 2 aliphatic heterocycles. The number of morpholine rings is 1. The molecular formula is C18H19F2N3O5. The average molecular weight is 395 g/mol. The molecule has 2 aliphatic rings. The Morgan fingerprint density at radius 1 is 1.32 bits per heavy atom. The number of alkyl halides is 2. The molecule has 2 atom stereocenters. The molecule has 150 valence electrons. The normalized spacial score (nSPS) is 24.5. The number of carbonyl (C=O) groups excluding carboxylic acids is 1. The number of pyridine rings is 1. The van der Waals surface area contributed by atoms with E-state index in [4.69, 9.17) is 9.47 Å². The van der Waals surface area contributed by atoms with Crippen molar-refractivity contribution in [3.05, 3.63) is 30.1 Å². The third-order valence-corrected chi connectivity index (χ3v) is 5.16. The van der Waals surface area contributed by atoms with Gasteiger partial charge in [-0.3, -0.25) is 4.90 Å². The van der Waals surface area contributed by atoms with E-state index in [0.717, 1.165) is 0 Å². The minimum Gasteiger partial charge on any atom is -0.465 e. The lowest BCUT2D eigenvalue weighted by Gasteiger charge is -2.46. The molecule has 10 heteroatoms. The van der Waals surface area contributed by atoms with Crippen molar-refractivity contribution in [2.24, 2.45) is 0 Å². The predicted octanol–water partition coefficient (Wildman–Crippen LogP) is 2.37. The van der Waals surface area contributed by atoms with Crippen molar-refractivity contribution in [3.8, 4) is 0 Å². The number of carboxylic acid groups (broad SMARTS) is 1. The number of halogens is 2. The lowest BCUT2D eigenvalue weighted by atomic mass is 9.92. The zero-order valence-corrected chi connectivity index (χ0v) is 14.8. The first-order chi connectivity index (χ1) is 13.4. The number of nitrogens with zero attached hydrogens (tertiary/aromatic N) is 3. The molecule has 4 rings (SSSR count). The first-order valence-corrected chi connectivity index (χ1v) is 8.96. The van der Waals surface area contributed by atoms with Gasteiger partial charge >= 0.3 is 12.1 Å². The topological polar surface area (TPSA) is 93.9 Å². The highest BCUT2D eigenvalue weighted by molar-refractivity contribution is 6.03. The second-order valence-corrected chi connectivity index (χ2v) is 6.99. The molecule has 4 heterocycles. The molecule has 2 fully saturated rings. The van der Waals surface area contributed by atoms with E-state index in [2.05, 4.69) is 4.98 Å². The highest BCUT2D eigenvalue weighted by Gasteiger charge is 2.43. The van der Waals surface area contributed by atoms with Gasteiger partial charge in [-0.05, 0) is 12.1 Å². The SMILES string of the molecule is O=C(OC1CC2COCC(C1)N2C(=O)O)c1cn(CC(F)F)c2ncccc12. The van der Waals surface area contributed by atoms with Crippen LogP contribution in [0.15, 0.2) is 24.5 Å². The van der Waals surface area contributed by atoms with Crippen LogP contribution in [-0.4, -0.2) is 69.4 Å². The summed E-state index contributed by atoms with van der Waals surface area (Å²) in [7, 11) is 0. The smallest absolute Gasteiger partial charge is 0.407 e. The van der Waals surface area contributed by atoms with Crippen molar-refractivity contribution in [1.29, 1.82) is 0 Å². The van der Waals surface area contributed by atoms with Crippen LogP contribution in [-0.2, 0) is 16.0 Å². The quantitative estimate of drug-likeness (QED) is 0.799. The monoisotopic (exact) mass is 395 g/mol. The minimum atomic E-state index is -2.58. The summed E-state index contributed by atoms with van der Waals surface area (Å²) in [5.41, 5.74) is 0.464. The third kappa shape index (κ3) is 3.39. The van der Waals surface area contributed by atoms with Gasteiger partial charge in [-0.1, -0.05) is 0 Å². The van der Waals surface area contributed by atoms with Gasteiger partial charge in [0.2, 0.25) is 0 Å². The molecule has 1 amide bonds. The van der Waals surface area contributed by atoms with E-state index in [-0.39, 0.29) is 30.9 Å². The Bertz CT molecular complexity index is 888. The third-order valence-electron chi connectivity index (χ3n) is 5.16. The maximum atomic E-state index is 12.8. The fourth-order valence-electron chi connectivity index (χ4n) is 4.06. The molecule has 2 aromatic rings. The Morgan fingerprint density at radius 3 is 2.68 bits per heavy atom. The molecule has 0 spiro atoms. The Morgan fingerprint density at radius 2 is 2.04 bits per heavy atom. The standard InChI is InChI=1S/C18H19F2N3O5/c19-15(20)7-22-6-14(13-2-1-3-21-16(13)22)17(24)28-12-4-10-8-27-9-11(5-12)23(10)18(25)26/h1-3,6,10-12,15H,4-5,7-9H2,(H,25,26). The van der Waals surface area contributed by atoms with E-state index < -0.39 is 31.1 Å². The largest absolute Gasteiger partial charge is 0.465 e. The van der Waals surface area contributed by atoms with Gasteiger partial charge in [-0.25, -0.2) is 23.4 Å². The van der Waals surface area contributed by atoms with Crippen LogP contribution in [0, 0.1) is 0 Å². The van der Waals surface area contributed by atoms with E-state index in [1.807, 2.05) is 0 Å². The van der Waals surface area contributed by atoms with Crippen molar-refractivity contribution in [2.45, 2.75) is 44.0 Å². The number of fused-ring (bicyclic) bond motifs is 3. The molecule has 8 nitrogen and oxygen atoms in total. The van der Waals surface area contributed by atoms with E-state index >= 15 is 0 Å². The highest BCUT2D eigenvalue weighted by Crippen LogP contribution is 2.31. The molecule has 0 aliphatic carbocycles. The molecular weight excluding hydrogens is 376 g/mol. The summed E-state index contributed by atoms with van der Waals surface area (Å²) in [6, 6.07) is 2.52. The number of piperidine rings is 1.